The van der Waals surface area contributed by atoms with E-state index in [9.17, 15) is 0 Å². The Labute approximate surface area is 307 Å². The molecule has 1 aliphatic rings. The van der Waals surface area contributed by atoms with E-state index >= 15 is 0 Å². The first-order valence-corrected chi connectivity index (χ1v) is 18.2. The summed E-state index contributed by atoms with van der Waals surface area (Å²) in [6.45, 7) is 2.36. The van der Waals surface area contributed by atoms with Gasteiger partial charge in [0.25, 0.3) is 0 Å². The van der Waals surface area contributed by atoms with E-state index in [1.807, 2.05) is 6.07 Å². The smallest absolute Gasteiger partial charge is 0.159 e. The molecule has 10 aromatic rings. The maximum atomic E-state index is 6.88. The molecule has 0 unspecified atom stereocenters. The third-order valence-electron chi connectivity index (χ3n) is 11.3. The van der Waals surface area contributed by atoms with E-state index < -0.39 is 5.41 Å². The first-order chi connectivity index (χ1) is 26.2. The van der Waals surface area contributed by atoms with Gasteiger partial charge in [-0.1, -0.05) is 140 Å². The van der Waals surface area contributed by atoms with Crippen LogP contribution in [0.25, 0.3) is 66.1 Å². The molecular weight excluding hydrogens is 647 g/mol. The van der Waals surface area contributed by atoms with Gasteiger partial charge in [0.05, 0.1) is 5.69 Å². The number of hydrogen-bond donors (Lipinski definition) is 0. The lowest BCUT2D eigenvalue weighted by Gasteiger charge is -2.31. The third kappa shape index (κ3) is 4.34. The largest absolute Gasteiger partial charge is 0.456 e. The summed E-state index contributed by atoms with van der Waals surface area (Å²) in [5, 5.41) is 4.37. The third-order valence-corrected chi connectivity index (χ3v) is 11.3. The van der Waals surface area contributed by atoms with Gasteiger partial charge in [-0.05, 0) is 82.8 Å². The quantitative estimate of drug-likeness (QED) is 0.181. The Morgan fingerprint density at radius 3 is 1.64 bits per heavy atom. The summed E-state index contributed by atoms with van der Waals surface area (Å²) in [7, 11) is 0. The molecule has 3 nitrogen and oxygen atoms in total. The van der Waals surface area contributed by atoms with Gasteiger partial charge < -0.3 is 13.7 Å². The van der Waals surface area contributed by atoms with Crippen LogP contribution < -0.4 is 4.90 Å². The van der Waals surface area contributed by atoms with Crippen LogP contribution in [0, 0.1) is 0 Å². The molecule has 0 N–H and O–H groups in total. The second-order valence-electron chi connectivity index (χ2n) is 14.2. The van der Waals surface area contributed by atoms with Crippen LogP contribution in [0.3, 0.4) is 0 Å². The number of furan rings is 2. The Kier molecular flexibility index (Phi) is 6.38. The molecule has 0 amide bonds. The molecule has 1 aliphatic carbocycles. The van der Waals surface area contributed by atoms with E-state index in [4.69, 9.17) is 8.83 Å². The SMILES string of the molecule is CC1(c2cc(N(c3ccc(-c4ccccc4)cc3)c3cccc4c3oc3ccccc34)cc3c2oc2ccccc23)c2ccccc2-c2ccccc21. The summed E-state index contributed by atoms with van der Waals surface area (Å²) in [4.78, 5) is 2.36. The van der Waals surface area contributed by atoms with Crippen molar-refractivity contribution in [2.45, 2.75) is 12.3 Å². The molecule has 0 bridgehead atoms. The fourth-order valence-electron chi connectivity index (χ4n) is 8.82. The van der Waals surface area contributed by atoms with Crippen molar-refractivity contribution < 1.29 is 8.83 Å². The fraction of sp³-hybridized carbons (Fsp3) is 0.0400. The van der Waals surface area contributed by atoms with E-state index in [0.29, 0.717) is 0 Å². The van der Waals surface area contributed by atoms with E-state index in [1.165, 1.54) is 33.4 Å². The Balaban J connectivity index is 1.23. The van der Waals surface area contributed by atoms with Crippen LogP contribution in [0.5, 0.6) is 0 Å². The number of rotatable bonds is 5. The molecule has 0 saturated heterocycles. The van der Waals surface area contributed by atoms with Crippen molar-refractivity contribution in [1.29, 1.82) is 0 Å². The zero-order valence-corrected chi connectivity index (χ0v) is 29.1. The van der Waals surface area contributed by atoms with Crippen LogP contribution in [0.2, 0.25) is 0 Å². The van der Waals surface area contributed by atoms with E-state index in [-0.39, 0.29) is 0 Å². The van der Waals surface area contributed by atoms with Gasteiger partial charge in [-0.15, -0.1) is 0 Å². The summed E-state index contributed by atoms with van der Waals surface area (Å²) in [5.74, 6) is 0. The van der Waals surface area contributed by atoms with Crippen molar-refractivity contribution >= 4 is 60.9 Å². The Morgan fingerprint density at radius 2 is 0.943 bits per heavy atom. The lowest BCUT2D eigenvalue weighted by molar-refractivity contribution is 0.638. The molecule has 2 aromatic heterocycles. The zero-order valence-electron chi connectivity index (χ0n) is 29.1. The molecule has 0 atom stereocenters. The molecule has 8 aromatic carbocycles. The van der Waals surface area contributed by atoms with Crippen molar-refractivity contribution in [3.63, 3.8) is 0 Å². The average Bonchev–Trinajstić information content (AvgIpc) is 3.88. The van der Waals surface area contributed by atoms with Gasteiger partial charge in [-0.25, -0.2) is 0 Å². The molecule has 0 radical (unpaired) electrons. The highest BCUT2D eigenvalue weighted by atomic mass is 16.3. The summed E-state index contributed by atoms with van der Waals surface area (Å²) in [6.07, 6.45) is 0. The molecule has 0 aliphatic heterocycles. The van der Waals surface area contributed by atoms with Gasteiger partial charge in [-0.2, -0.15) is 0 Å². The molecule has 0 fully saturated rings. The average molecular weight is 680 g/mol. The number of benzene rings is 8. The van der Waals surface area contributed by atoms with Crippen LogP contribution in [-0.4, -0.2) is 0 Å². The van der Waals surface area contributed by atoms with Crippen molar-refractivity contribution in [1.82, 2.24) is 0 Å². The van der Waals surface area contributed by atoms with Gasteiger partial charge in [0.1, 0.15) is 16.7 Å². The summed E-state index contributed by atoms with van der Waals surface area (Å²) in [5.41, 5.74) is 14.6. The maximum Gasteiger partial charge on any atom is 0.159 e. The summed E-state index contributed by atoms with van der Waals surface area (Å²) in [6, 6.07) is 64.9. The monoisotopic (exact) mass is 679 g/mol. The van der Waals surface area contributed by atoms with E-state index in [1.54, 1.807) is 0 Å². The first-order valence-electron chi connectivity index (χ1n) is 18.2. The molecule has 0 spiro atoms. The molecule has 2 heterocycles. The zero-order chi connectivity index (χ0) is 35.1. The Hall–Kier alpha value is -6.84. The molecular formula is C50H33NO2. The summed E-state index contributed by atoms with van der Waals surface area (Å²) >= 11 is 0. The van der Waals surface area contributed by atoms with Crippen molar-refractivity contribution in [3.05, 3.63) is 199 Å². The van der Waals surface area contributed by atoms with Crippen molar-refractivity contribution in [2.24, 2.45) is 0 Å². The molecule has 53 heavy (non-hydrogen) atoms. The van der Waals surface area contributed by atoms with Crippen LogP contribution in [0.1, 0.15) is 23.6 Å². The van der Waals surface area contributed by atoms with Gasteiger partial charge in [0, 0.05) is 43.9 Å². The van der Waals surface area contributed by atoms with Crippen LogP contribution in [0.4, 0.5) is 17.1 Å². The summed E-state index contributed by atoms with van der Waals surface area (Å²) < 4.78 is 13.6. The highest BCUT2D eigenvalue weighted by molar-refractivity contribution is 6.12. The standard InChI is InChI=1S/C50H33NO2/c1-50(42-21-9-5-16-36(42)37-17-6-10-22-43(37)50)44-31-35(30-41-39-19-8-12-25-47(39)52-48(41)44)51(34-28-26-33(27-29-34)32-14-3-2-4-15-32)45-23-13-20-40-38-18-7-11-24-46(38)53-49(40)45/h2-31H,1H3. The van der Waals surface area contributed by atoms with Gasteiger partial charge in [-0.3, -0.25) is 0 Å². The van der Waals surface area contributed by atoms with E-state index in [0.717, 1.165) is 66.5 Å². The fourth-order valence-corrected chi connectivity index (χ4v) is 8.82. The predicted octanol–water partition coefficient (Wildman–Crippen LogP) is 14.0. The van der Waals surface area contributed by atoms with E-state index in [2.05, 4.69) is 188 Å². The highest BCUT2D eigenvalue weighted by Crippen LogP contribution is 2.55. The Morgan fingerprint density at radius 1 is 0.396 bits per heavy atom. The lowest BCUT2D eigenvalue weighted by Crippen LogP contribution is -2.23. The topological polar surface area (TPSA) is 29.5 Å². The predicted molar refractivity (Wildman–Crippen MR) is 219 cm³/mol. The lowest BCUT2D eigenvalue weighted by atomic mass is 9.73. The highest BCUT2D eigenvalue weighted by Gasteiger charge is 2.43. The van der Waals surface area contributed by atoms with Crippen molar-refractivity contribution in [2.75, 3.05) is 4.90 Å². The minimum absolute atomic E-state index is 0.483. The molecule has 3 heteroatoms. The molecule has 11 rings (SSSR count). The number of nitrogens with zero attached hydrogens (tertiary/aromatic N) is 1. The number of fused-ring (bicyclic) bond motifs is 9. The second-order valence-corrected chi connectivity index (χ2v) is 14.2. The molecule has 0 saturated carbocycles. The molecule has 250 valence electrons. The normalized spacial score (nSPS) is 13.2. The van der Waals surface area contributed by atoms with Gasteiger partial charge >= 0.3 is 0 Å². The minimum atomic E-state index is -0.483. The number of anilines is 3. The van der Waals surface area contributed by atoms with Gasteiger partial charge in [0.15, 0.2) is 5.58 Å². The van der Waals surface area contributed by atoms with Gasteiger partial charge in [0.2, 0.25) is 0 Å². The van der Waals surface area contributed by atoms with Crippen LogP contribution in [0.15, 0.2) is 191 Å². The second kappa shape index (κ2) is 11.3. The van der Waals surface area contributed by atoms with Crippen LogP contribution in [-0.2, 0) is 5.41 Å². The first kappa shape index (κ1) is 29.8. The number of para-hydroxylation sites is 3. The number of hydrogen-bond acceptors (Lipinski definition) is 3. The van der Waals surface area contributed by atoms with Crippen molar-refractivity contribution in [3.8, 4) is 22.3 Å². The van der Waals surface area contributed by atoms with Crippen LogP contribution >= 0.6 is 0 Å². The maximum absolute atomic E-state index is 6.88. The minimum Gasteiger partial charge on any atom is -0.456 e. The Bertz CT molecular complexity index is 2980.